The molecule has 1 aromatic heterocycles. The van der Waals surface area contributed by atoms with Gasteiger partial charge in [-0.15, -0.1) is 0 Å². The summed E-state index contributed by atoms with van der Waals surface area (Å²) in [6.45, 7) is 2.31. The molecule has 1 amide bonds. The van der Waals surface area contributed by atoms with E-state index in [1.54, 1.807) is 14.2 Å². The Morgan fingerprint density at radius 2 is 2.04 bits per heavy atom. The highest BCUT2D eigenvalue weighted by Gasteiger charge is 2.30. The smallest absolute Gasteiger partial charge is 0.273 e. The predicted octanol–water partition coefficient (Wildman–Crippen LogP) is 2.22. The molecule has 1 aromatic carbocycles. The van der Waals surface area contributed by atoms with Crippen LogP contribution in [-0.2, 0) is 17.8 Å². The van der Waals surface area contributed by atoms with Crippen molar-refractivity contribution in [1.29, 1.82) is 0 Å². The van der Waals surface area contributed by atoms with E-state index in [4.69, 9.17) is 13.9 Å². The van der Waals surface area contributed by atoms with Gasteiger partial charge in [-0.05, 0) is 30.5 Å². The largest absolute Gasteiger partial charge is 0.497 e. The van der Waals surface area contributed by atoms with E-state index in [2.05, 4.69) is 27.3 Å². The Morgan fingerprint density at radius 1 is 1.27 bits per heavy atom. The molecular weight excluding hydrogens is 334 g/mol. The molecule has 1 N–H and O–H groups in total. The maximum absolute atomic E-state index is 12.0. The molecule has 1 aliphatic carbocycles. The van der Waals surface area contributed by atoms with Gasteiger partial charge < -0.3 is 19.2 Å². The third-order valence-corrected chi connectivity index (χ3v) is 4.32. The number of amides is 1. The minimum absolute atomic E-state index is 0.245. The zero-order valence-electron chi connectivity index (χ0n) is 15.2. The molecule has 1 heterocycles. The minimum atomic E-state index is -0.245. The Labute approximate surface area is 153 Å². The van der Waals surface area contributed by atoms with Crippen LogP contribution in [0.2, 0.25) is 0 Å². The van der Waals surface area contributed by atoms with Gasteiger partial charge in [0, 0.05) is 26.2 Å². The van der Waals surface area contributed by atoms with E-state index in [0.717, 1.165) is 12.3 Å². The van der Waals surface area contributed by atoms with Gasteiger partial charge in [-0.25, -0.2) is 4.98 Å². The van der Waals surface area contributed by atoms with Gasteiger partial charge in [-0.1, -0.05) is 12.1 Å². The summed E-state index contributed by atoms with van der Waals surface area (Å²) < 4.78 is 15.6. The molecular formula is C19H25N3O4. The van der Waals surface area contributed by atoms with Crippen LogP contribution in [0.25, 0.3) is 0 Å². The van der Waals surface area contributed by atoms with Gasteiger partial charge in [0.15, 0.2) is 5.69 Å². The first kappa shape index (κ1) is 18.4. The van der Waals surface area contributed by atoms with E-state index in [1.807, 2.05) is 12.1 Å². The monoisotopic (exact) mass is 359 g/mol. The van der Waals surface area contributed by atoms with Crippen molar-refractivity contribution in [2.45, 2.75) is 32.0 Å². The quantitative estimate of drug-likeness (QED) is 0.656. The fourth-order valence-electron chi connectivity index (χ4n) is 2.74. The van der Waals surface area contributed by atoms with Gasteiger partial charge in [0.1, 0.15) is 12.0 Å². The highest BCUT2D eigenvalue weighted by atomic mass is 16.5. The molecule has 0 unspecified atom stereocenters. The molecule has 0 radical (unpaired) electrons. The molecule has 0 saturated heterocycles. The Morgan fingerprint density at radius 3 is 2.69 bits per heavy atom. The van der Waals surface area contributed by atoms with Crippen molar-refractivity contribution in [2.75, 3.05) is 27.4 Å². The number of benzene rings is 1. The third kappa shape index (κ3) is 5.06. The molecule has 2 aromatic rings. The van der Waals surface area contributed by atoms with Crippen molar-refractivity contribution in [3.63, 3.8) is 0 Å². The van der Waals surface area contributed by atoms with E-state index in [0.29, 0.717) is 37.3 Å². The molecule has 1 fully saturated rings. The number of aromatic nitrogens is 1. The van der Waals surface area contributed by atoms with Gasteiger partial charge in [-0.3, -0.25) is 9.69 Å². The number of nitrogens with zero attached hydrogens (tertiary/aromatic N) is 2. The number of oxazole rings is 1. The number of rotatable bonds is 10. The average Bonchev–Trinajstić information content (AvgIpc) is 3.41. The molecule has 26 heavy (non-hydrogen) atoms. The molecule has 0 spiro atoms. The number of ether oxygens (including phenoxy) is 2. The van der Waals surface area contributed by atoms with Crippen molar-refractivity contribution in [1.82, 2.24) is 15.2 Å². The van der Waals surface area contributed by atoms with Crippen LogP contribution in [-0.4, -0.2) is 49.2 Å². The summed E-state index contributed by atoms with van der Waals surface area (Å²) in [5.41, 5.74) is 1.51. The molecule has 0 bridgehead atoms. The van der Waals surface area contributed by atoms with Crippen molar-refractivity contribution in [3.05, 3.63) is 47.7 Å². The van der Waals surface area contributed by atoms with Gasteiger partial charge in [0.25, 0.3) is 5.91 Å². The number of hydrogen-bond donors (Lipinski definition) is 1. The standard InChI is InChI=1S/C19H25N3O4/c1-24-10-9-20-19(23)17-13-26-18(21-17)12-22(15-5-6-15)11-14-3-7-16(25-2)8-4-14/h3-4,7-8,13,15H,5-6,9-12H2,1-2H3,(H,20,23). The molecule has 140 valence electrons. The summed E-state index contributed by atoms with van der Waals surface area (Å²) in [4.78, 5) is 18.7. The van der Waals surface area contributed by atoms with Crippen molar-refractivity contribution < 1.29 is 18.7 Å². The molecule has 0 aliphatic heterocycles. The minimum Gasteiger partial charge on any atom is -0.497 e. The van der Waals surface area contributed by atoms with Crippen LogP contribution >= 0.6 is 0 Å². The van der Waals surface area contributed by atoms with Crippen molar-refractivity contribution in [2.24, 2.45) is 0 Å². The number of carbonyl (C=O) groups excluding carboxylic acids is 1. The van der Waals surface area contributed by atoms with Crippen LogP contribution in [0.5, 0.6) is 5.75 Å². The molecule has 0 atom stereocenters. The number of methoxy groups -OCH3 is 2. The molecule has 7 heteroatoms. The normalized spacial score (nSPS) is 13.8. The first-order valence-electron chi connectivity index (χ1n) is 8.78. The maximum atomic E-state index is 12.0. The van der Waals surface area contributed by atoms with Gasteiger partial charge >= 0.3 is 0 Å². The lowest BCUT2D eigenvalue weighted by Gasteiger charge is -2.20. The molecule has 1 aliphatic rings. The van der Waals surface area contributed by atoms with Gasteiger partial charge in [0.05, 0.1) is 20.3 Å². The van der Waals surface area contributed by atoms with E-state index >= 15 is 0 Å². The van der Waals surface area contributed by atoms with Crippen LogP contribution < -0.4 is 10.1 Å². The van der Waals surface area contributed by atoms with Crippen molar-refractivity contribution in [3.8, 4) is 5.75 Å². The second-order valence-electron chi connectivity index (χ2n) is 6.36. The van der Waals surface area contributed by atoms with Crippen LogP contribution in [0, 0.1) is 0 Å². The topological polar surface area (TPSA) is 76.8 Å². The van der Waals surface area contributed by atoms with Crippen molar-refractivity contribution >= 4 is 5.91 Å². The lowest BCUT2D eigenvalue weighted by atomic mass is 10.2. The lowest BCUT2D eigenvalue weighted by molar-refractivity contribution is 0.0932. The molecule has 7 nitrogen and oxygen atoms in total. The highest BCUT2D eigenvalue weighted by Crippen LogP contribution is 2.30. The Hall–Kier alpha value is -2.38. The molecule has 3 rings (SSSR count). The predicted molar refractivity (Wildman–Crippen MR) is 96.0 cm³/mol. The SMILES string of the molecule is COCCNC(=O)c1coc(CN(Cc2ccc(OC)cc2)C2CC2)n1. The average molecular weight is 359 g/mol. The number of hydrogen-bond acceptors (Lipinski definition) is 6. The maximum Gasteiger partial charge on any atom is 0.273 e. The first-order valence-corrected chi connectivity index (χ1v) is 8.78. The van der Waals surface area contributed by atoms with E-state index < -0.39 is 0 Å². The summed E-state index contributed by atoms with van der Waals surface area (Å²) in [6.07, 6.45) is 3.78. The zero-order valence-corrected chi connectivity index (χ0v) is 15.2. The second kappa shape index (κ2) is 8.82. The van der Waals surface area contributed by atoms with Crippen LogP contribution in [0.15, 0.2) is 34.9 Å². The number of nitrogens with one attached hydrogen (secondary N) is 1. The fraction of sp³-hybridized carbons (Fsp3) is 0.474. The van der Waals surface area contributed by atoms with Crippen LogP contribution in [0.1, 0.15) is 34.8 Å². The number of carbonyl (C=O) groups is 1. The van der Waals surface area contributed by atoms with Gasteiger partial charge in [-0.2, -0.15) is 0 Å². The summed E-state index contributed by atoms with van der Waals surface area (Å²) in [7, 11) is 3.26. The second-order valence-corrected chi connectivity index (χ2v) is 6.36. The van der Waals surface area contributed by atoms with Gasteiger partial charge in [0.2, 0.25) is 5.89 Å². The van der Waals surface area contributed by atoms with Crippen LogP contribution in [0.3, 0.4) is 0 Å². The molecule has 1 saturated carbocycles. The summed E-state index contributed by atoms with van der Waals surface area (Å²) in [6, 6.07) is 8.61. The first-order chi connectivity index (χ1) is 12.7. The Balaban J connectivity index is 1.59. The summed E-state index contributed by atoms with van der Waals surface area (Å²) in [5, 5.41) is 2.74. The fourth-order valence-corrected chi connectivity index (χ4v) is 2.74. The van der Waals surface area contributed by atoms with E-state index in [-0.39, 0.29) is 5.91 Å². The van der Waals surface area contributed by atoms with E-state index in [1.165, 1.54) is 24.7 Å². The van der Waals surface area contributed by atoms with Crippen LogP contribution in [0.4, 0.5) is 0 Å². The lowest BCUT2D eigenvalue weighted by Crippen LogP contribution is -2.27. The van der Waals surface area contributed by atoms with E-state index in [9.17, 15) is 4.79 Å². The Kier molecular flexibility index (Phi) is 6.25. The Bertz CT molecular complexity index is 710. The third-order valence-electron chi connectivity index (χ3n) is 4.32. The zero-order chi connectivity index (χ0) is 18.4. The summed E-state index contributed by atoms with van der Waals surface area (Å²) in [5.74, 6) is 1.16. The summed E-state index contributed by atoms with van der Waals surface area (Å²) >= 11 is 0. The highest BCUT2D eigenvalue weighted by molar-refractivity contribution is 5.91.